The largest absolute Gasteiger partial charge is 0.464 e. The number of aryl methyl sites for hydroxylation is 1. The first-order valence-corrected chi connectivity index (χ1v) is 10.2. The van der Waals surface area contributed by atoms with Crippen molar-refractivity contribution in [1.29, 1.82) is 0 Å². The molecule has 2 fully saturated rings. The predicted octanol–water partition coefficient (Wildman–Crippen LogP) is 3.00. The molecule has 3 aliphatic rings. The van der Waals surface area contributed by atoms with Gasteiger partial charge in [-0.05, 0) is 32.6 Å². The summed E-state index contributed by atoms with van der Waals surface area (Å²) in [7, 11) is 0. The molecule has 3 heterocycles. The summed E-state index contributed by atoms with van der Waals surface area (Å²) >= 11 is 0. The van der Waals surface area contributed by atoms with Crippen LogP contribution in [0.2, 0.25) is 0 Å². The molecular formula is C20H25N5O3. The summed E-state index contributed by atoms with van der Waals surface area (Å²) in [5.41, 5.74) is 3.71. The third kappa shape index (κ3) is 2.82. The molecule has 8 nitrogen and oxygen atoms in total. The second-order valence-electron chi connectivity index (χ2n) is 8.11. The van der Waals surface area contributed by atoms with E-state index in [-0.39, 0.29) is 17.7 Å². The fraction of sp³-hybridized carbons (Fsp3) is 0.600. The van der Waals surface area contributed by atoms with Crippen molar-refractivity contribution in [2.24, 2.45) is 5.16 Å². The van der Waals surface area contributed by atoms with Gasteiger partial charge in [0.05, 0.1) is 23.0 Å². The Morgan fingerprint density at radius 3 is 2.93 bits per heavy atom. The monoisotopic (exact) mass is 383 g/mol. The van der Waals surface area contributed by atoms with Crippen molar-refractivity contribution in [2.75, 3.05) is 5.32 Å². The Morgan fingerprint density at radius 1 is 1.36 bits per heavy atom. The van der Waals surface area contributed by atoms with Crippen LogP contribution in [0.3, 0.4) is 0 Å². The van der Waals surface area contributed by atoms with Gasteiger partial charge in [-0.1, -0.05) is 5.16 Å². The van der Waals surface area contributed by atoms with E-state index in [0.717, 1.165) is 66.6 Å². The van der Waals surface area contributed by atoms with Crippen molar-refractivity contribution in [3.8, 4) is 0 Å². The van der Waals surface area contributed by atoms with Crippen LogP contribution in [-0.4, -0.2) is 44.7 Å². The lowest BCUT2D eigenvalue weighted by Crippen LogP contribution is -2.41. The Balaban J connectivity index is 1.47. The quantitative estimate of drug-likeness (QED) is 0.771. The first-order chi connectivity index (χ1) is 13.7. The standard InChI is InChI=1S/C20H25N5O3/c1-2-25-19-16(11-22-25)18(23-13-7-14(8-13)27-12-26)15(10-21-19)17-9-20(28-24-17)5-3-4-6-20/h10-14H,2-9H2,1H3,(H,21,23). The zero-order valence-electron chi connectivity index (χ0n) is 16.1. The molecule has 0 amide bonds. The Bertz CT molecular complexity index is 925. The molecule has 0 bridgehead atoms. The SMILES string of the molecule is CCn1ncc2c(NC3CC(OC=O)C3)c(C3=NOC4(CCCC4)C3)cnc21. The van der Waals surface area contributed by atoms with Gasteiger partial charge >= 0.3 is 0 Å². The van der Waals surface area contributed by atoms with E-state index in [2.05, 4.69) is 27.5 Å². The second kappa shape index (κ2) is 6.76. The molecule has 8 heteroatoms. The lowest BCUT2D eigenvalue weighted by Gasteiger charge is -2.35. The smallest absolute Gasteiger partial charge is 0.293 e. The highest BCUT2D eigenvalue weighted by Crippen LogP contribution is 2.42. The van der Waals surface area contributed by atoms with Gasteiger partial charge in [-0.3, -0.25) is 4.79 Å². The summed E-state index contributed by atoms with van der Waals surface area (Å²) in [4.78, 5) is 21.1. The number of hydrogen-bond donors (Lipinski definition) is 1. The second-order valence-corrected chi connectivity index (χ2v) is 8.11. The number of rotatable bonds is 6. The fourth-order valence-electron chi connectivity index (χ4n) is 4.66. The molecule has 2 aliphatic carbocycles. The van der Waals surface area contributed by atoms with E-state index in [1.165, 1.54) is 12.8 Å². The van der Waals surface area contributed by atoms with E-state index < -0.39 is 0 Å². The zero-order valence-corrected chi connectivity index (χ0v) is 16.1. The molecule has 0 saturated heterocycles. The number of oxime groups is 1. The maximum Gasteiger partial charge on any atom is 0.293 e. The van der Waals surface area contributed by atoms with E-state index in [9.17, 15) is 4.79 Å². The highest BCUT2D eigenvalue weighted by molar-refractivity contribution is 6.10. The molecule has 0 atom stereocenters. The first kappa shape index (κ1) is 17.5. The molecule has 2 saturated carbocycles. The predicted molar refractivity (Wildman–Crippen MR) is 104 cm³/mol. The van der Waals surface area contributed by atoms with Gasteiger partial charge in [0.1, 0.15) is 11.7 Å². The minimum absolute atomic E-state index is 0.00283. The number of nitrogens with one attached hydrogen (secondary N) is 1. The minimum atomic E-state index is -0.117. The molecule has 1 spiro atoms. The van der Waals surface area contributed by atoms with Crippen LogP contribution in [0, 0.1) is 0 Å². The minimum Gasteiger partial charge on any atom is -0.464 e. The van der Waals surface area contributed by atoms with E-state index in [4.69, 9.17) is 9.57 Å². The van der Waals surface area contributed by atoms with Crippen molar-refractivity contribution in [3.05, 3.63) is 18.0 Å². The van der Waals surface area contributed by atoms with Crippen molar-refractivity contribution in [3.63, 3.8) is 0 Å². The van der Waals surface area contributed by atoms with Crippen LogP contribution in [0.4, 0.5) is 5.69 Å². The summed E-state index contributed by atoms with van der Waals surface area (Å²) in [5.74, 6) is 0. The van der Waals surface area contributed by atoms with Crippen molar-refractivity contribution in [2.45, 2.75) is 76.2 Å². The highest BCUT2D eigenvalue weighted by atomic mass is 16.7. The number of anilines is 1. The van der Waals surface area contributed by atoms with E-state index >= 15 is 0 Å². The number of hydrogen-bond acceptors (Lipinski definition) is 7. The van der Waals surface area contributed by atoms with Gasteiger partial charge in [0, 0.05) is 43.6 Å². The van der Waals surface area contributed by atoms with Gasteiger partial charge in [0.25, 0.3) is 6.47 Å². The third-order valence-corrected chi connectivity index (χ3v) is 6.32. The van der Waals surface area contributed by atoms with E-state index in [0.29, 0.717) is 6.47 Å². The molecule has 5 rings (SSSR count). The lowest BCUT2D eigenvalue weighted by molar-refractivity contribution is -0.137. The van der Waals surface area contributed by atoms with Crippen LogP contribution in [0.5, 0.6) is 0 Å². The molecule has 0 aromatic carbocycles. The lowest BCUT2D eigenvalue weighted by atomic mass is 9.88. The number of aromatic nitrogens is 3. The van der Waals surface area contributed by atoms with Gasteiger partial charge in [-0.15, -0.1) is 0 Å². The Labute approximate surface area is 163 Å². The molecule has 0 radical (unpaired) electrons. The number of pyridine rings is 1. The van der Waals surface area contributed by atoms with Crippen LogP contribution in [0.1, 0.15) is 57.4 Å². The molecule has 148 valence electrons. The van der Waals surface area contributed by atoms with Gasteiger partial charge in [0.15, 0.2) is 5.65 Å². The van der Waals surface area contributed by atoms with Crippen molar-refractivity contribution in [1.82, 2.24) is 14.8 Å². The number of nitrogens with zero attached hydrogens (tertiary/aromatic N) is 4. The number of carbonyl (C=O) groups is 1. The van der Waals surface area contributed by atoms with E-state index in [1.54, 1.807) is 0 Å². The Kier molecular flexibility index (Phi) is 4.21. The maximum atomic E-state index is 10.5. The van der Waals surface area contributed by atoms with Crippen LogP contribution in [0.25, 0.3) is 11.0 Å². The number of fused-ring (bicyclic) bond motifs is 1. The fourth-order valence-corrected chi connectivity index (χ4v) is 4.66. The van der Waals surface area contributed by atoms with Crippen LogP contribution in [0.15, 0.2) is 17.5 Å². The molecular weight excluding hydrogens is 358 g/mol. The Morgan fingerprint density at radius 2 is 2.18 bits per heavy atom. The number of ether oxygens (including phenoxy) is 1. The van der Waals surface area contributed by atoms with Gasteiger partial charge in [0.2, 0.25) is 0 Å². The average molecular weight is 383 g/mol. The molecule has 1 aliphatic heterocycles. The van der Waals surface area contributed by atoms with E-state index in [1.807, 2.05) is 17.1 Å². The third-order valence-electron chi connectivity index (χ3n) is 6.32. The summed E-state index contributed by atoms with van der Waals surface area (Å²) in [6, 6.07) is 0.252. The summed E-state index contributed by atoms with van der Waals surface area (Å²) in [6.45, 7) is 3.36. The summed E-state index contributed by atoms with van der Waals surface area (Å²) in [5, 5.41) is 13.6. The molecule has 2 aromatic heterocycles. The van der Waals surface area contributed by atoms with Crippen molar-refractivity contribution < 1.29 is 14.4 Å². The van der Waals surface area contributed by atoms with Crippen LogP contribution in [-0.2, 0) is 20.9 Å². The normalized spacial score (nSPS) is 25.4. The van der Waals surface area contributed by atoms with Crippen LogP contribution >= 0.6 is 0 Å². The van der Waals surface area contributed by atoms with Gasteiger partial charge in [-0.2, -0.15) is 5.10 Å². The molecule has 0 unspecified atom stereocenters. The molecule has 1 N–H and O–H groups in total. The highest BCUT2D eigenvalue weighted by Gasteiger charge is 2.43. The topological polar surface area (TPSA) is 90.6 Å². The number of carbonyl (C=O) groups excluding carboxylic acids is 1. The van der Waals surface area contributed by atoms with Gasteiger partial charge in [-0.25, -0.2) is 9.67 Å². The summed E-state index contributed by atoms with van der Waals surface area (Å²) < 4.78 is 6.95. The van der Waals surface area contributed by atoms with Crippen molar-refractivity contribution >= 4 is 28.9 Å². The summed E-state index contributed by atoms with van der Waals surface area (Å²) in [6.07, 6.45) is 10.8. The first-order valence-electron chi connectivity index (χ1n) is 10.2. The molecule has 28 heavy (non-hydrogen) atoms. The average Bonchev–Trinajstić information content (AvgIpc) is 3.41. The molecule has 2 aromatic rings. The van der Waals surface area contributed by atoms with Crippen LogP contribution < -0.4 is 5.32 Å². The Hall–Kier alpha value is -2.64. The van der Waals surface area contributed by atoms with Gasteiger partial charge < -0.3 is 14.9 Å². The maximum absolute atomic E-state index is 10.5. The zero-order chi connectivity index (χ0) is 19.1.